The molecule has 92 valence electrons. The van der Waals surface area contributed by atoms with Crippen LogP contribution in [-0.2, 0) is 26.6 Å². The van der Waals surface area contributed by atoms with Crippen molar-refractivity contribution in [2.45, 2.75) is 33.4 Å². The van der Waals surface area contributed by atoms with E-state index in [4.69, 9.17) is 0 Å². The Morgan fingerprint density at radius 2 is 2.18 bits per heavy atom. The highest BCUT2D eigenvalue weighted by Crippen LogP contribution is 2.07. The van der Waals surface area contributed by atoms with E-state index in [-0.39, 0.29) is 0 Å². The Morgan fingerprint density at radius 3 is 2.82 bits per heavy atom. The molecule has 5 nitrogen and oxygen atoms in total. The first-order valence-electron chi connectivity index (χ1n) is 5.91. The molecule has 2 heterocycles. The number of H-pyrrole nitrogens is 1. The van der Waals surface area contributed by atoms with Crippen molar-refractivity contribution in [1.82, 2.24) is 25.1 Å². The quantitative estimate of drug-likeness (QED) is 0.818. The van der Waals surface area contributed by atoms with Gasteiger partial charge in [-0.05, 0) is 13.3 Å². The standard InChI is InChI=1S/C12H19N5/c1-4-11-10(7-17(3)16-11)5-13-6-12-9(2)14-8-15-12/h7-8,13H,4-6H2,1-3H3,(H,14,15). The van der Waals surface area contributed by atoms with Gasteiger partial charge in [0.05, 0.1) is 17.7 Å². The molecule has 0 saturated carbocycles. The normalized spacial score (nSPS) is 11.0. The SMILES string of the molecule is CCc1nn(C)cc1CNCc1nc[nH]c1C. The van der Waals surface area contributed by atoms with Gasteiger partial charge in [0.15, 0.2) is 0 Å². The topological polar surface area (TPSA) is 58.5 Å². The van der Waals surface area contributed by atoms with E-state index in [1.807, 2.05) is 18.7 Å². The lowest BCUT2D eigenvalue weighted by Gasteiger charge is -2.03. The third-order valence-electron chi connectivity index (χ3n) is 2.87. The summed E-state index contributed by atoms with van der Waals surface area (Å²) in [6.45, 7) is 5.78. The van der Waals surface area contributed by atoms with Crippen LogP contribution in [0.4, 0.5) is 0 Å². The highest BCUT2D eigenvalue weighted by molar-refractivity contribution is 5.17. The Kier molecular flexibility index (Phi) is 3.58. The van der Waals surface area contributed by atoms with E-state index >= 15 is 0 Å². The van der Waals surface area contributed by atoms with Gasteiger partial charge in [-0.15, -0.1) is 0 Å². The van der Waals surface area contributed by atoms with Gasteiger partial charge < -0.3 is 10.3 Å². The molecule has 17 heavy (non-hydrogen) atoms. The van der Waals surface area contributed by atoms with Crippen LogP contribution in [0, 0.1) is 6.92 Å². The summed E-state index contributed by atoms with van der Waals surface area (Å²) in [4.78, 5) is 7.33. The molecule has 0 aliphatic rings. The molecule has 0 bridgehead atoms. The molecule has 2 rings (SSSR count). The summed E-state index contributed by atoms with van der Waals surface area (Å²) in [5, 5.41) is 7.81. The van der Waals surface area contributed by atoms with E-state index in [0.717, 1.165) is 30.9 Å². The van der Waals surface area contributed by atoms with Crippen molar-refractivity contribution >= 4 is 0 Å². The maximum atomic E-state index is 4.42. The zero-order chi connectivity index (χ0) is 12.3. The fourth-order valence-electron chi connectivity index (χ4n) is 1.91. The third-order valence-corrected chi connectivity index (χ3v) is 2.87. The lowest BCUT2D eigenvalue weighted by atomic mass is 10.2. The third kappa shape index (κ3) is 2.74. The smallest absolute Gasteiger partial charge is 0.0925 e. The molecule has 2 aromatic rings. The van der Waals surface area contributed by atoms with Crippen LogP contribution in [0.3, 0.4) is 0 Å². The molecular weight excluding hydrogens is 214 g/mol. The van der Waals surface area contributed by atoms with E-state index in [0.29, 0.717) is 0 Å². The highest BCUT2D eigenvalue weighted by Gasteiger charge is 2.06. The second-order valence-corrected chi connectivity index (χ2v) is 4.21. The minimum atomic E-state index is 0.785. The Bertz CT molecular complexity index is 483. The molecule has 0 saturated heterocycles. The van der Waals surface area contributed by atoms with Gasteiger partial charge >= 0.3 is 0 Å². The summed E-state index contributed by atoms with van der Waals surface area (Å²) in [6.07, 6.45) is 4.77. The van der Waals surface area contributed by atoms with Crippen LogP contribution >= 0.6 is 0 Å². The molecule has 0 spiro atoms. The first-order chi connectivity index (χ1) is 8.20. The maximum absolute atomic E-state index is 4.42. The molecule has 2 aromatic heterocycles. The van der Waals surface area contributed by atoms with Gasteiger partial charge in [0.2, 0.25) is 0 Å². The number of hydrogen-bond acceptors (Lipinski definition) is 3. The fourth-order valence-corrected chi connectivity index (χ4v) is 1.91. The van der Waals surface area contributed by atoms with Gasteiger partial charge in [-0.3, -0.25) is 4.68 Å². The number of hydrogen-bond donors (Lipinski definition) is 2. The van der Waals surface area contributed by atoms with Crippen molar-refractivity contribution in [3.8, 4) is 0 Å². The Morgan fingerprint density at radius 1 is 1.35 bits per heavy atom. The molecule has 0 amide bonds. The van der Waals surface area contributed by atoms with Gasteiger partial charge in [-0.25, -0.2) is 4.98 Å². The van der Waals surface area contributed by atoms with E-state index in [9.17, 15) is 0 Å². The summed E-state index contributed by atoms with van der Waals surface area (Å²) >= 11 is 0. The summed E-state index contributed by atoms with van der Waals surface area (Å²) < 4.78 is 1.87. The number of aromatic nitrogens is 4. The van der Waals surface area contributed by atoms with E-state index in [1.165, 1.54) is 11.3 Å². The van der Waals surface area contributed by atoms with Gasteiger partial charge in [0.1, 0.15) is 0 Å². The van der Waals surface area contributed by atoms with Crippen molar-refractivity contribution < 1.29 is 0 Å². The van der Waals surface area contributed by atoms with E-state index in [1.54, 1.807) is 6.33 Å². The first kappa shape index (κ1) is 11.9. The number of nitrogens with zero attached hydrogens (tertiary/aromatic N) is 3. The summed E-state index contributed by atoms with van der Waals surface area (Å²) in [5.74, 6) is 0. The average Bonchev–Trinajstić information content (AvgIpc) is 2.86. The fraction of sp³-hybridized carbons (Fsp3) is 0.500. The molecule has 0 aliphatic heterocycles. The van der Waals surface area contributed by atoms with Gasteiger partial charge in [0.25, 0.3) is 0 Å². The monoisotopic (exact) mass is 233 g/mol. The van der Waals surface area contributed by atoms with Crippen molar-refractivity contribution in [2.24, 2.45) is 7.05 Å². The van der Waals surface area contributed by atoms with Crippen molar-refractivity contribution in [3.63, 3.8) is 0 Å². The first-order valence-corrected chi connectivity index (χ1v) is 5.91. The van der Waals surface area contributed by atoms with Gasteiger partial charge in [-0.2, -0.15) is 5.10 Å². The molecule has 2 N–H and O–H groups in total. The molecule has 0 atom stereocenters. The second-order valence-electron chi connectivity index (χ2n) is 4.21. The minimum Gasteiger partial charge on any atom is -0.348 e. The Balaban J connectivity index is 1.92. The molecule has 5 heteroatoms. The number of rotatable bonds is 5. The predicted octanol–water partition coefficient (Wildman–Crippen LogP) is 1.30. The minimum absolute atomic E-state index is 0.785. The summed E-state index contributed by atoms with van der Waals surface area (Å²) in [5.41, 5.74) is 4.63. The number of nitrogens with one attached hydrogen (secondary N) is 2. The molecule has 0 unspecified atom stereocenters. The predicted molar refractivity (Wildman–Crippen MR) is 66.5 cm³/mol. The van der Waals surface area contributed by atoms with Crippen LogP contribution in [0.15, 0.2) is 12.5 Å². The number of imidazole rings is 1. The van der Waals surface area contributed by atoms with Crippen molar-refractivity contribution in [2.75, 3.05) is 0 Å². The van der Waals surface area contributed by atoms with E-state index < -0.39 is 0 Å². The van der Waals surface area contributed by atoms with Crippen LogP contribution in [0.1, 0.15) is 29.6 Å². The zero-order valence-corrected chi connectivity index (χ0v) is 10.6. The maximum Gasteiger partial charge on any atom is 0.0925 e. The van der Waals surface area contributed by atoms with Crippen molar-refractivity contribution in [3.05, 3.63) is 35.2 Å². The zero-order valence-electron chi connectivity index (χ0n) is 10.6. The largest absolute Gasteiger partial charge is 0.348 e. The molecule has 0 aromatic carbocycles. The Labute approximate surface area is 101 Å². The second kappa shape index (κ2) is 5.14. The van der Waals surface area contributed by atoms with Crippen LogP contribution < -0.4 is 5.32 Å². The lowest BCUT2D eigenvalue weighted by Crippen LogP contribution is -2.14. The molecule has 0 radical (unpaired) electrons. The van der Waals surface area contributed by atoms with E-state index in [2.05, 4.69) is 33.5 Å². The lowest BCUT2D eigenvalue weighted by molar-refractivity contribution is 0.674. The Hall–Kier alpha value is -1.62. The van der Waals surface area contributed by atoms with Crippen LogP contribution in [0.25, 0.3) is 0 Å². The molecule has 0 aliphatic carbocycles. The summed E-state index contributed by atoms with van der Waals surface area (Å²) in [7, 11) is 1.96. The number of aromatic amines is 1. The van der Waals surface area contributed by atoms with Crippen LogP contribution in [-0.4, -0.2) is 19.7 Å². The molecular formula is C12H19N5. The number of aryl methyl sites for hydroxylation is 3. The van der Waals surface area contributed by atoms with Gasteiger partial charge in [0, 0.05) is 37.6 Å². The molecule has 0 fully saturated rings. The van der Waals surface area contributed by atoms with Crippen LogP contribution in [0.5, 0.6) is 0 Å². The van der Waals surface area contributed by atoms with Gasteiger partial charge in [-0.1, -0.05) is 6.92 Å². The van der Waals surface area contributed by atoms with Crippen molar-refractivity contribution in [1.29, 1.82) is 0 Å². The average molecular weight is 233 g/mol. The highest BCUT2D eigenvalue weighted by atomic mass is 15.3. The summed E-state index contributed by atoms with van der Waals surface area (Å²) in [6, 6.07) is 0. The van der Waals surface area contributed by atoms with Crippen LogP contribution in [0.2, 0.25) is 0 Å².